The molecular weight excluding hydrogens is 441 g/mol. The number of alkyl carbamates (subject to hydrolysis) is 1. The topological polar surface area (TPSA) is 114 Å². The van der Waals surface area contributed by atoms with Crippen molar-refractivity contribution < 1.29 is 23.5 Å². The lowest BCUT2D eigenvalue weighted by Gasteiger charge is -2.24. The Hall–Kier alpha value is -3.40. The van der Waals surface area contributed by atoms with Crippen LogP contribution in [-0.4, -0.2) is 48.4 Å². The summed E-state index contributed by atoms with van der Waals surface area (Å²) < 4.78 is 26.0. The van der Waals surface area contributed by atoms with Gasteiger partial charge in [-0.1, -0.05) is 12.1 Å². The van der Waals surface area contributed by atoms with Crippen molar-refractivity contribution in [3.8, 4) is 0 Å². The molecule has 2 heterocycles. The van der Waals surface area contributed by atoms with Crippen molar-refractivity contribution in [3.05, 3.63) is 46.8 Å². The molecule has 2 amide bonds. The van der Waals surface area contributed by atoms with Gasteiger partial charge in [-0.15, -0.1) is 0 Å². The van der Waals surface area contributed by atoms with E-state index in [0.717, 1.165) is 11.3 Å². The van der Waals surface area contributed by atoms with Crippen LogP contribution in [0, 0.1) is 12.7 Å². The van der Waals surface area contributed by atoms with Gasteiger partial charge in [-0.2, -0.15) is 0 Å². The van der Waals surface area contributed by atoms with Crippen molar-refractivity contribution in [3.63, 3.8) is 0 Å². The molecule has 0 saturated carbocycles. The van der Waals surface area contributed by atoms with Crippen LogP contribution in [0.15, 0.2) is 24.3 Å². The summed E-state index contributed by atoms with van der Waals surface area (Å²) in [5.41, 5.74) is 1.52. The number of aromatic nitrogens is 1. The van der Waals surface area contributed by atoms with E-state index in [0.29, 0.717) is 6.61 Å². The number of rotatable bonds is 9. The quantitative estimate of drug-likeness (QED) is 0.437. The van der Waals surface area contributed by atoms with Crippen LogP contribution in [0.1, 0.15) is 49.2 Å². The van der Waals surface area contributed by atoms with Crippen molar-refractivity contribution in [2.75, 3.05) is 30.4 Å². The number of fused-ring (bicyclic) bond motifs is 1. The predicted octanol–water partition coefficient (Wildman–Crippen LogP) is 3.86. The first-order valence-corrected chi connectivity index (χ1v) is 11.2. The van der Waals surface area contributed by atoms with Gasteiger partial charge in [0.1, 0.15) is 11.4 Å². The molecule has 0 unspecified atom stereocenters. The smallest absolute Gasteiger partial charge is 0.408 e. The SMILES string of the molecule is CCOC[C@@H](CNc1nc(Nc2cccc(C)c2)c2c(c1F)CNC2=O)NC(=O)OC(C)(C)C. The highest BCUT2D eigenvalue weighted by molar-refractivity contribution is 6.03. The molecule has 1 atom stereocenters. The molecule has 0 radical (unpaired) electrons. The molecule has 184 valence electrons. The molecule has 3 rings (SSSR count). The van der Waals surface area contributed by atoms with Crippen LogP contribution in [0.4, 0.5) is 26.5 Å². The van der Waals surface area contributed by atoms with Gasteiger partial charge in [-0.25, -0.2) is 14.2 Å². The molecule has 2 aromatic rings. The molecule has 0 bridgehead atoms. The van der Waals surface area contributed by atoms with E-state index in [4.69, 9.17) is 9.47 Å². The second-order valence-electron chi connectivity index (χ2n) is 9.04. The van der Waals surface area contributed by atoms with Gasteiger partial charge in [0.2, 0.25) is 0 Å². The van der Waals surface area contributed by atoms with Crippen LogP contribution in [0.25, 0.3) is 0 Å². The number of amides is 2. The number of nitrogens with zero attached hydrogens (tertiary/aromatic N) is 1. The lowest BCUT2D eigenvalue weighted by molar-refractivity contribution is 0.0456. The monoisotopic (exact) mass is 473 g/mol. The Bertz CT molecular complexity index is 1050. The van der Waals surface area contributed by atoms with Gasteiger partial charge in [0.05, 0.1) is 18.2 Å². The molecule has 0 spiro atoms. The van der Waals surface area contributed by atoms with Gasteiger partial charge in [-0.05, 0) is 52.3 Å². The number of hydrogen-bond donors (Lipinski definition) is 4. The molecule has 1 aromatic heterocycles. The molecule has 1 aliphatic rings. The third kappa shape index (κ3) is 6.57. The van der Waals surface area contributed by atoms with Crippen LogP contribution in [0.3, 0.4) is 0 Å². The van der Waals surface area contributed by atoms with Gasteiger partial charge in [-0.3, -0.25) is 4.79 Å². The van der Waals surface area contributed by atoms with E-state index < -0.39 is 23.6 Å². The summed E-state index contributed by atoms with van der Waals surface area (Å²) in [5.74, 6) is -0.779. The first-order chi connectivity index (χ1) is 16.1. The number of aryl methyl sites for hydroxylation is 1. The largest absolute Gasteiger partial charge is 0.444 e. The summed E-state index contributed by atoms with van der Waals surface area (Å²) in [4.78, 5) is 29.0. The number of halogens is 1. The number of nitrogens with one attached hydrogen (secondary N) is 4. The lowest BCUT2D eigenvalue weighted by atomic mass is 10.1. The van der Waals surface area contributed by atoms with Crippen molar-refractivity contribution in [2.45, 2.75) is 52.8 Å². The van der Waals surface area contributed by atoms with E-state index in [1.807, 2.05) is 38.1 Å². The average molecular weight is 474 g/mol. The van der Waals surface area contributed by atoms with Crippen LogP contribution in [-0.2, 0) is 16.0 Å². The van der Waals surface area contributed by atoms with Gasteiger partial charge in [0, 0.05) is 30.9 Å². The standard InChI is InChI=1S/C24H32FN5O4/c1-6-33-13-16(29-23(32)34-24(3,4)5)11-26-21-19(25)17-12-27-22(31)18(17)20(30-21)28-15-9-7-8-14(2)10-15/h7-10,16H,6,11-13H2,1-5H3,(H,27,31)(H,29,32)(H2,26,28,30)/t16-/m1/s1. The summed E-state index contributed by atoms with van der Waals surface area (Å²) in [6.07, 6.45) is -0.599. The van der Waals surface area contributed by atoms with Crippen LogP contribution in [0.5, 0.6) is 0 Å². The number of pyridine rings is 1. The third-order valence-electron chi connectivity index (χ3n) is 4.93. The Morgan fingerprint density at radius 3 is 2.74 bits per heavy atom. The number of ether oxygens (including phenoxy) is 2. The van der Waals surface area contributed by atoms with Crippen LogP contribution < -0.4 is 21.3 Å². The zero-order valence-corrected chi connectivity index (χ0v) is 20.2. The molecule has 1 aromatic carbocycles. The van der Waals surface area contributed by atoms with E-state index in [1.165, 1.54) is 0 Å². The van der Waals surface area contributed by atoms with Crippen molar-refractivity contribution in [1.82, 2.24) is 15.6 Å². The number of carbonyl (C=O) groups is 2. The minimum Gasteiger partial charge on any atom is -0.444 e. The molecular formula is C24H32FN5O4. The molecule has 0 aliphatic carbocycles. The first kappa shape index (κ1) is 25.2. The van der Waals surface area contributed by atoms with Gasteiger partial charge in [0.25, 0.3) is 5.91 Å². The maximum atomic E-state index is 15.2. The highest BCUT2D eigenvalue weighted by Crippen LogP contribution is 2.31. The fraction of sp³-hybridized carbons (Fsp3) is 0.458. The minimum atomic E-state index is -0.656. The zero-order chi connectivity index (χ0) is 24.9. The lowest BCUT2D eigenvalue weighted by Crippen LogP contribution is -2.45. The molecule has 4 N–H and O–H groups in total. The molecule has 9 nitrogen and oxygen atoms in total. The summed E-state index contributed by atoms with van der Waals surface area (Å²) >= 11 is 0. The Morgan fingerprint density at radius 1 is 1.29 bits per heavy atom. The fourth-order valence-electron chi connectivity index (χ4n) is 3.45. The summed E-state index contributed by atoms with van der Waals surface area (Å²) in [6, 6.07) is 7.07. The van der Waals surface area contributed by atoms with E-state index in [2.05, 4.69) is 26.3 Å². The molecule has 1 aliphatic heterocycles. The molecule has 0 saturated heterocycles. The van der Waals surface area contributed by atoms with Crippen molar-refractivity contribution in [1.29, 1.82) is 0 Å². The van der Waals surface area contributed by atoms with Crippen molar-refractivity contribution >= 4 is 29.3 Å². The highest BCUT2D eigenvalue weighted by atomic mass is 19.1. The highest BCUT2D eigenvalue weighted by Gasteiger charge is 2.30. The van der Waals surface area contributed by atoms with E-state index in [9.17, 15) is 9.59 Å². The normalized spacial score (nSPS) is 13.6. The maximum Gasteiger partial charge on any atom is 0.408 e. The van der Waals surface area contributed by atoms with Gasteiger partial charge < -0.3 is 30.7 Å². The molecule has 10 heteroatoms. The minimum absolute atomic E-state index is 0.0297. The van der Waals surface area contributed by atoms with Crippen molar-refractivity contribution in [2.24, 2.45) is 0 Å². The average Bonchev–Trinajstić information content (AvgIpc) is 3.13. The van der Waals surface area contributed by atoms with E-state index in [-0.39, 0.29) is 48.4 Å². The Labute approximate surface area is 198 Å². The van der Waals surface area contributed by atoms with E-state index >= 15 is 4.39 Å². The number of benzene rings is 1. The Kier molecular flexibility index (Phi) is 7.93. The van der Waals surface area contributed by atoms with Gasteiger partial charge >= 0.3 is 6.09 Å². The zero-order valence-electron chi connectivity index (χ0n) is 20.2. The Balaban J connectivity index is 1.82. The first-order valence-electron chi connectivity index (χ1n) is 11.2. The van der Waals surface area contributed by atoms with E-state index in [1.54, 1.807) is 20.8 Å². The molecule has 0 fully saturated rings. The Morgan fingerprint density at radius 2 is 2.06 bits per heavy atom. The second-order valence-corrected chi connectivity index (χ2v) is 9.04. The summed E-state index contributed by atoms with van der Waals surface area (Å²) in [5, 5.41) is 11.5. The maximum absolute atomic E-state index is 15.2. The van der Waals surface area contributed by atoms with Crippen LogP contribution >= 0.6 is 0 Å². The third-order valence-corrected chi connectivity index (χ3v) is 4.93. The number of carbonyl (C=O) groups excluding carboxylic acids is 2. The second kappa shape index (κ2) is 10.7. The summed E-state index contributed by atoms with van der Waals surface area (Å²) in [7, 11) is 0. The van der Waals surface area contributed by atoms with Crippen LogP contribution in [0.2, 0.25) is 0 Å². The predicted molar refractivity (Wildman–Crippen MR) is 128 cm³/mol. The number of anilines is 3. The fourth-order valence-corrected chi connectivity index (χ4v) is 3.45. The molecule has 34 heavy (non-hydrogen) atoms. The number of hydrogen-bond acceptors (Lipinski definition) is 7. The summed E-state index contributed by atoms with van der Waals surface area (Å²) in [6.45, 7) is 9.95. The van der Waals surface area contributed by atoms with Gasteiger partial charge in [0.15, 0.2) is 11.6 Å².